The number of nitrogens with zero attached hydrogens (tertiary/aromatic N) is 3. The molecule has 3 heterocycles. The lowest BCUT2D eigenvalue weighted by Gasteiger charge is -2.23. The van der Waals surface area contributed by atoms with Crippen molar-refractivity contribution in [1.82, 2.24) is 19.9 Å². The summed E-state index contributed by atoms with van der Waals surface area (Å²) in [4.78, 5) is 8.88. The number of aryl methyl sites for hydroxylation is 1. The van der Waals surface area contributed by atoms with Crippen LogP contribution in [0.2, 0.25) is 0 Å². The quantitative estimate of drug-likeness (QED) is 0.914. The summed E-state index contributed by atoms with van der Waals surface area (Å²) in [6.07, 6.45) is 4.71. The van der Waals surface area contributed by atoms with Gasteiger partial charge in [0.05, 0.1) is 11.7 Å². The number of thioether (sulfide) groups is 1. The van der Waals surface area contributed by atoms with Gasteiger partial charge in [-0.3, -0.25) is 4.98 Å². The molecule has 0 bridgehead atoms. The first-order valence-corrected chi connectivity index (χ1v) is 7.64. The van der Waals surface area contributed by atoms with Crippen molar-refractivity contribution in [3.63, 3.8) is 0 Å². The molecule has 1 unspecified atom stereocenters. The van der Waals surface area contributed by atoms with E-state index in [1.165, 1.54) is 22.8 Å². The summed E-state index contributed by atoms with van der Waals surface area (Å²) in [6, 6.07) is 2.61. The Morgan fingerprint density at radius 1 is 1.56 bits per heavy atom. The van der Waals surface area contributed by atoms with Crippen molar-refractivity contribution in [3.8, 4) is 0 Å². The van der Waals surface area contributed by atoms with Gasteiger partial charge in [-0.1, -0.05) is 0 Å². The number of hydrogen-bond donors (Lipinski definition) is 1. The monoisotopic (exact) mass is 262 g/mol. The van der Waals surface area contributed by atoms with E-state index in [1.54, 1.807) is 0 Å². The standard InChI is InChI=1S/C13H18N4S/c1-2-17-12-3-4-14-8-11(12)16-13(17)7-10-9-18-6-5-15-10/h3-4,8,10,15H,2,5-7,9H2,1H3. The van der Waals surface area contributed by atoms with E-state index in [2.05, 4.69) is 27.9 Å². The molecular weight excluding hydrogens is 244 g/mol. The number of imidazole rings is 1. The Kier molecular flexibility index (Phi) is 3.52. The summed E-state index contributed by atoms with van der Waals surface area (Å²) in [5.41, 5.74) is 2.21. The third kappa shape index (κ3) is 2.24. The number of aromatic nitrogens is 3. The summed E-state index contributed by atoms with van der Waals surface area (Å²) in [5.74, 6) is 3.59. The molecule has 1 atom stereocenters. The van der Waals surface area contributed by atoms with Crippen LogP contribution in [0, 0.1) is 0 Å². The van der Waals surface area contributed by atoms with Gasteiger partial charge in [0.25, 0.3) is 0 Å². The molecule has 3 rings (SSSR count). The minimum absolute atomic E-state index is 0.554. The van der Waals surface area contributed by atoms with E-state index < -0.39 is 0 Å². The van der Waals surface area contributed by atoms with Gasteiger partial charge in [-0.15, -0.1) is 0 Å². The fourth-order valence-corrected chi connectivity index (χ4v) is 3.46. The SMILES string of the molecule is CCn1c(CC2CSCCN2)nc2cnccc21. The van der Waals surface area contributed by atoms with Gasteiger partial charge in [-0.2, -0.15) is 11.8 Å². The smallest absolute Gasteiger partial charge is 0.111 e. The molecule has 2 aromatic heterocycles. The van der Waals surface area contributed by atoms with E-state index in [0.717, 1.165) is 25.0 Å². The minimum Gasteiger partial charge on any atom is -0.328 e. The van der Waals surface area contributed by atoms with Crippen LogP contribution in [0.5, 0.6) is 0 Å². The number of pyridine rings is 1. The molecule has 2 aromatic rings. The van der Waals surface area contributed by atoms with E-state index in [4.69, 9.17) is 4.98 Å². The second-order valence-electron chi connectivity index (χ2n) is 4.57. The predicted molar refractivity (Wildman–Crippen MR) is 76.0 cm³/mol. The average Bonchev–Trinajstić information content (AvgIpc) is 2.77. The van der Waals surface area contributed by atoms with E-state index in [-0.39, 0.29) is 0 Å². The molecule has 0 aliphatic carbocycles. The largest absolute Gasteiger partial charge is 0.328 e. The van der Waals surface area contributed by atoms with E-state index >= 15 is 0 Å². The first kappa shape index (κ1) is 12.0. The zero-order valence-corrected chi connectivity index (χ0v) is 11.4. The van der Waals surface area contributed by atoms with Crippen LogP contribution in [0.25, 0.3) is 11.0 Å². The third-order valence-corrected chi connectivity index (χ3v) is 4.50. The Morgan fingerprint density at radius 3 is 3.28 bits per heavy atom. The highest BCUT2D eigenvalue weighted by atomic mass is 32.2. The average molecular weight is 262 g/mol. The Hall–Kier alpha value is -1.07. The second-order valence-corrected chi connectivity index (χ2v) is 5.72. The molecule has 1 aliphatic rings. The van der Waals surface area contributed by atoms with E-state index in [1.807, 2.05) is 24.2 Å². The lowest BCUT2D eigenvalue weighted by Crippen LogP contribution is -2.39. The van der Waals surface area contributed by atoms with Crippen molar-refractivity contribution >= 4 is 22.8 Å². The molecule has 96 valence electrons. The summed E-state index contributed by atoms with van der Waals surface area (Å²) in [5, 5.41) is 3.57. The van der Waals surface area contributed by atoms with Gasteiger partial charge in [-0.05, 0) is 13.0 Å². The Bertz CT molecular complexity index is 531. The fourth-order valence-electron chi connectivity index (χ4n) is 2.51. The van der Waals surface area contributed by atoms with Crippen molar-refractivity contribution in [1.29, 1.82) is 0 Å². The predicted octanol–water partition coefficient (Wildman–Crippen LogP) is 1.70. The lowest BCUT2D eigenvalue weighted by molar-refractivity contribution is 0.537. The molecule has 1 aliphatic heterocycles. The third-order valence-electron chi connectivity index (χ3n) is 3.37. The highest BCUT2D eigenvalue weighted by Crippen LogP contribution is 2.18. The molecule has 1 fully saturated rings. The molecule has 0 radical (unpaired) electrons. The number of nitrogens with one attached hydrogen (secondary N) is 1. The first-order valence-electron chi connectivity index (χ1n) is 6.48. The summed E-state index contributed by atoms with van der Waals surface area (Å²) < 4.78 is 2.30. The molecule has 0 spiro atoms. The molecule has 0 saturated carbocycles. The molecular formula is C13H18N4S. The van der Waals surface area contributed by atoms with Crippen LogP contribution in [-0.4, -0.2) is 38.6 Å². The molecule has 1 N–H and O–H groups in total. The van der Waals surface area contributed by atoms with Gasteiger partial charge < -0.3 is 9.88 Å². The topological polar surface area (TPSA) is 42.7 Å². The van der Waals surface area contributed by atoms with Gasteiger partial charge in [0.2, 0.25) is 0 Å². The van der Waals surface area contributed by atoms with Crippen LogP contribution < -0.4 is 5.32 Å². The van der Waals surface area contributed by atoms with Gasteiger partial charge >= 0.3 is 0 Å². The van der Waals surface area contributed by atoms with Crippen LogP contribution in [0.3, 0.4) is 0 Å². The zero-order valence-electron chi connectivity index (χ0n) is 10.6. The van der Waals surface area contributed by atoms with Crippen molar-refractivity contribution in [3.05, 3.63) is 24.3 Å². The van der Waals surface area contributed by atoms with Crippen molar-refractivity contribution in [2.75, 3.05) is 18.1 Å². The molecule has 0 aromatic carbocycles. The maximum atomic E-state index is 4.73. The molecule has 0 amide bonds. The first-order chi connectivity index (χ1) is 8.88. The van der Waals surface area contributed by atoms with E-state index in [0.29, 0.717) is 6.04 Å². The van der Waals surface area contributed by atoms with Crippen LogP contribution in [-0.2, 0) is 13.0 Å². The molecule has 4 nitrogen and oxygen atoms in total. The van der Waals surface area contributed by atoms with Crippen LogP contribution in [0.15, 0.2) is 18.5 Å². The van der Waals surface area contributed by atoms with Crippen LogP contribution in [0.4, 0.5) is 0 Å². The Balaban J connectivity index is 1.90. The highest BCUT2D eigenvalue weighted by Gasteiger charge is 2.17. The van der Waals surface area contributed by atoms with Gasteiger partial charge in [-0.25, -0.2) is 4.98 Å². The maximum absolute atomic E-state index is 4.73. The number of rotatable bonds is 3. The van der Waals surface area contributed by atoms with Crippen molar-refractivity contribution in [2.45, 2.75) is 25.9 Å². The second kappa shape index (κ2) is 5.28. The number of hydrogen-bond acceptors (Lipinski definition) is 4. The summed E-state index contributed by atoms with van der Waals surface area (Å²) in [7, 11) is 0. The van der Waals surface area contributed by atoms with Crippen molar-refractivity contribution in [2.24, 2.45) is 0 Å². The van der Waals surface area contributed by atoms with Crippen molar-refractivity contribution < 1.29 is 0 Å². The molecule has 18 heavy (non-hydrogen) atoms. The minimum atomic E-state index is 0.554. The zero-order chi connectivity index (χ0) is 12.4. The number of fused-ring (bicyclic) bond motifs is 1. The van der Waals surface area contributed by atoms with Gasteiger partial charge in [0.15, 0.2) is 0 Å². The molecule has 1 saturated heterocycles. The van der Waals surface area contributed by atoms with Gasteiger partial charge in [0.1, 0.15) is 11.3 Å². The van der Waals surface area contributed by atoms with E-state index in [9.17, 15) is 0 Å². The Morgan fingerprint density at radius 2 is 2.50 bits per heavy atom. The highest BCUT2D eigenvalue weighted by molar-refractivity contribution is 7.99. The lowest BCUT2D eigenvalue weighted by atomic mass is 10.2. The fraction of sp³-hybridized carbons (Fsp3) is 0.538. The summed E-state index contributed by atoms with van der Waals surface area (Å²) in [6.45, 7) is 4.26. The maximum Gasteiger partial charge on any atom is 0.111 e. The normalized spacial score (nSPS) is 20.4. The van der Waals surface area contributed by atoms with Gasteiger partial charge in [0, 0.05) is 43.3 Å². The molecule has 5 heteroatoms. The Labute approximate surface area is 111 Å². The van der Waals surface area contributed by atoms with Crippen LogP contribution in [0.1, 0.15) is 12.7 Å². The summed E-state index contributed by atoms with van der Waals surface area (Å²) >= 11 is 2.03. The van der Waals surface area contributed by atoms with Crippen LogP contribution >= 0.6 is 11.8 Å².